The first kappa shape index (κ1) is 26.5. The van der Waals surface area contributed by atoms with Gasteiger partial charge in [0.05, 0.1) is 12.5 Å². The van der Waals surface area contributed by atoms with Gasteiger partial charge in [-0.2, -0.15) is 0 Å². The Morgan fingerprint density at radius 3 is 2.51 bits per heavy atom. The van der Waals surface area contributed by atoms with E-state index in [1.807, 2.05) is 66.4 Å². The molecule has 0 radical (unpaired) electrons. The van der Waals surface area contributed by atoms with Gasteiger partial charge >= 0.3 is 5.97 Å². The van der Waals surface area contributed by atoms with E-state index in [0.29, 0.717) is 26.1 Å². The number of hydrogen-bond donors (Lipinski definition) is 0. The Morgan fingerprint density at radius 1 is 0.949 bits per heavy atom. The molecule has 1 fully saturated rings. The van der Waals surface area contributed by atoms with E-state index in [-0.39, 0.29) is 23.7 Å². The fourth-order valence-corrected chi connectivity index (χ4v) is 5.60. The van der Waals surface area contributed by atoms with Crippen LogP contribution in [0.3, 0.4) is 0 Å². The molecule has 2 atom stereocenters. The Bertz CT molecular complexity index is 1430. The summed E-state index contributed by atoms with van der Waals surface area (Å²) >= 11 is 0. The minimum Gasteiger partial charge on any atom is -0.466 e. The first-order valence-electron chi connectivity index (χ1n) is 13.9. The minimum atomic E-state index is -0.259. The molecular weight excluding hydrogens is 488 g/mol. The number of ether oxygens (including phenoxy) is 2. The average molecular weight is 525 g/mol. The zero-order valence-electron chi connectivity index (χ0n) is 22.7. The Morgan fingerprint density at radius 2 is 1.72 bits per heavy atom. The third kappa shape index (κ3) is 6.00. The van der Waals surface area contributed by atoms with E-state index in [1.165, 1.54) is 0 Å². The quantitative estimate of drug-likeness (QED) is 0.227. The summed E-state index contributed by atoms with van der Waals surface area (Å²) in [4.78, 5) is 28.1. The predicted octanol–water partition coefficient (Wildman–Crippen LogP) is 6.78. The normalized spacial score (nSPS) is 16.2. The van der Waals surface area contributed by atoms with Crippen molar-refractivity contribution in [3.8, 4) is 11.5 Å². The molecule has 202 valence electrons. The van der Waals surface area contributed by atoms with E-state index in [1.54, 1.807) is 0 Å². The van der Waals surface area contributed by atoms with Gasteiger partial charge in [0.15, 0.2) is 0 Å². The van der Waals surface area contributed by atoms with Crippen LogP contribution in [0.4, 0.5) is 0 Å². The van der Waals surface area contributed by atoms with Gasteiger partial charge in [-0.1, -0.05) is 48.5 Å². The molecule has 0 N–H and O–H groups in total. The molecule has 0 aliphatic carbocycles. The van der Waals surface area contributed by atoms with Crippen LogP contribution in [-0.4, -0.2) is 41.0 Å². The highest BCUT2D eigenvalue weighted by Gasteiger charge is 2.31. The third-order valence-corrected chi connectivity index (χ3v) is 7.55. The molecule has 5 rings (SSSR count). The summed E-state index contributed by atoms with van der Waals surface area (Å²) in [6, 6.07) is 26.1. The van der Waals surface area contributed by atoms with Gasteiger partial charge in [0, 0.05) is 49.1 Å². The number of benzene rings is 3. The van der Waals surface area contributed by atoms with E-state index in [4.69, 9.17) is 9.47 Å². The van der Waals surface area contributed by atoms with Crippen LogP contribution in [0.1, 0.15) is 50.2 Å². The summed E-state index contributed by atoms with van der Waals surface area (Å²) in [6.45, 7) is 6.22. The Hall–Kier alpha value is -4.06. The summed E-state index contributed by atoms with van der Waals surface area (Å²) in [5.41, 5.74) is 3.30. The molecule has 4 aromatic rings. The second-order valence-corrected chi connectivity index (χ2v) is 10.1. The molecule has 1 amide bonds. The van der Waals surface area contributed by atoms with Crippen molar-refractivity contribution < 1.29 is 19.1 Å². The van der Waals surface area contributed by atoms with Gasteiger partial charge < -0.3 is 18.9 Å². The van der Waals surface area contributed by atoms with Gasteiger partial charge in [0.25, 0.3) is 0 Å². The topological polar surface area (TPSA) is 60.8 Å². The SMILES string of the molecule is CCOC(=O)C1CCCN(C(=O)CC(c2cccc(Oc3ccccc3)c2)c2cn(CC)c3ccccc23)C1. The number of rotatable bonds is 9. The second kappa shape index (κ2) is 12.2. The van der Waals surface area contributed by atoms with E-state index in [2.05, 4.69) is 42.0 Å². The van der Waals surface area contributed by atoms with Gasteiger partial charge in [0.2, 0.25) is 5.91 Å². The van der Waals surface area contributed by atoms with Crippen LogP contribution in [0.5, 0.6) is 11.5 Å². The molecule has 0 bridgehead atoms. The Balaban J connectivity index is 1.48. The average Bonchev–Trinajstić information content (AvgIpc) is 3.35. The molecule has 0 spiro atoms. The number of carbonyl (C=O) groups is 2. The van der Waals surface area contributed by atoms with Crippen LogP contribution < -0.4 is 4.74 Å². The molecule has 1 aliphatic rings. The number of esters is 1. The summed E-state index contributed by atoms with van der Waals surface area (Å²) in [6.07, 6.45) is 4.05. The molecule has 2 unspecified atom stereocenters. The number of para-hydroxylation sites is 2. The number of likely N-dealkylation sites (tertiary alicyclic amines) is 1. The maximum absolute atomic E-state index is 13.8. The summed E-state index contributed by atoms with van der Waals surface area (Å²) in [5.74, 6) is 0.919. The van der Waals surface area contributed by atoms with Crippen molar-refractivity contribution in [3.05, 3.63) is 96.2 Å². The van der Waals surface area contributed by atoms with Crippen molar-refractivity contribution in [2.24, 2.45) is 5.92 Å². The molecule has 39 heavy (non-hydrogen) atoms. The molecule has 6 heteroatoms. The number of nitrogens with zero attached hydrogens (tertiary/aromatic N) is 2. The zero-order valence-corrected chi connectivity index (χ0v) is 22.7. The van der Waals surface area contributed by atoms with Crippen LogP contribution in [0, 0.1) is 5.92 Å². The number of fused-ring (bicyclic) bond motifs is 1. The lowest BCUT2D eigenvalue weighted by Crippen LogP contribution is -2.43. The third-order valence-electron chi connectivity index (χ3n) is 7.55. The van der Waals surface area contributed by atoms with Crippen LogP contribution >= 0.6 is 0 Å². The predicted molar refractivity (Wildman–Crippen MR) is 153 cm³/mol. The van der Waals surface area contributed by atoms with Crippen LogP contribution in [0.2, 0.25) is 0 Å². The lowest BCUT2D eigenvalue weighted by Gasteiger charge is -2.32. The van der Waals surface area contributed by atoms with Crippen molar-refractivity contribution in [3.63, 3.8) is 0 Å². The maximum atomic E-state index is 13.8. The van der Waals surface area contributed by atoms with Gasteiger partial charge in [-0.3, -0.25) is 9.59 Å². The Kier molecular flexibility index (Phi) is 8.30. The molecule has 6 nitrogen and oxygen atoms in total. The van der Waals surface area contributed by atoms with E-state index >= 15 is 0 Å². The zero-order chi connectivity index (χ0) is 27.2. The van der Waals surface area contributed by atoms with Crippen molar-refractivity contribution >= 4 is 22.8 Å². The molecular formula is C33H36N2O4. The molecule has 2 heterocycles. The first-order chi connectivity index (χ1) is 19.1. The van der Waals surface area contributed by atoms with Crippen LogP contribution in [0.25, 0.3) is 10.9 Å². The molecule has 1 saturated heterocycles. The van der Waals surface area contributed by atoms with Crippen molar-refractivity contribution in [2.45, 2.75) is 45.6 Å². The number of hydrogen-bond acceptors (Lipinski definition) is 4. The lowest BCUT2D eigenvalue weighted by molar-refractivity contribution is -0.151. The number of amides is 1. The minimum absolute atomic E-state index is 0.0525. The van der Waals surface area contributed by atoms with Crippen molar-refractivity contribution in [1.82, 2.24) is 9.47 Å². The number of aromatic nitrogens is 1. The Labute approximate surface area is 230 Å². The maximum Gasteiger partial charge on any atom is 0.310 e. The van der Waals surface area contributed by atoms with Gasteiger partial charge in [-0.25, -0.2) is 0 Å². The summed E-state index contributed by atoms with van der Waals surface area (Å²) < 4.78 is 13.7. The largest absolute Gasteiger partial charge is 0.466 e. The van der Waals surface area contributed by atoms with Gasteiger partial charge in [0.1, 0.15) is 11.5 Å². The second-order valence-electron chi connectivity index (χ2n) is 10.1. The molecule has 0 saturated carbocycles. The fraction of sp³-hybridized carbons (Fsp3) is 0.333. The fourth-order valence-electron chi connectivity index (χ4n) is 5.60. The van der Waals surface area contributed by atoms with E-state index in [0.717, 1.165) is 52.9 Å². The highest BCUT2D eigenvalue weighted by molar-refractivity contribution is 5.87. The van der Waals surface area contributed by atoms with Gasteiger partial charge in [-0.15, -0.1) is 0 Å². The van der Waals surface area contributed by atoms with E-state index in [9.17, 15) is 9.59 Å². The highest BCUT2D eigenvalue weighted by atomic mass is 16.5. The lowest BCUT2D eigenvalue weighted by atomic mass is 9.87. The highest BCUT2D eigenvalue weighted by Crippen LogP contribution is 2.37. The molecule has 3 aromatic carbocycles. The number of piperidine rings is 1. The van der Waals surface area contributed by atoms with Gasteiger partial charge in [-0.05, 0) is 68.1 Å². The molecule has 1 aromatic heterocycles. The number of aryl methyl sites for hydroxylation is 1. The summed E-state index contributed by atoms with van der Waals surface area (Å²) in [5, 5.41) is 1.15. The van der Waals surface area contributed by atoms with Crippen LogP contribution in [0.15, 0.2) is 85.1 Å². The van der Waals surface area contributed by atoms with Crippen molar-refractivity contribution in [1.29, 1.82) is 0 Å². The molecule has 1 aliphatic heterocycles. The van der Waals surface area contributed by atoms with Crippen molar-refractivity contribution in [2.75, 3.05) is 19.7 Å². The monoisotopic (exact) mass is 524 g/mol. The van der Waals surface area contributed by atoms with Crippen LogP contribution in [-0.2, 0) is 20.9 Å². The standard InChI is InChI=1S/C33H36N2O4/c1-3-34-23-30(28-17-8-9-18-31(28)34)29(21-32(36)35-19-11-13-25(22-35)33(37)38-4-2)24-12-10-16-27(20-24)39-26-14-6-5-7-15-26/h5-10,12,14-18,20,23,25,29H,3-4,11,13,19,21-22H2,1-2H3. The first-order valence-corrected chi connectivity index (χ1v) is 13.9. The summed E-state index contributed by atoms with van der Waals surface area (Å²) in [7, 11) is 0. The van der Waals surface area contributed by atoms with E-state index < -0.39 is 0 Å². The smallest absolute Gasteiger partial charge is 0.310 e. The number of carbonyl (C=O) groups excluding carboxylic acids is 2.